The number of carbonyl (C=O) groups excluding carboxylic acids is 1. The maximum atomic E-state index is 11.2. The van der Waals surface area contributed by atoms with Crippen LogP contribution in [0.2, 0.25) is 0 Å². The van der Waals surface area contributed by atoms with Gasteiger partial charge in [0.2, 0.25) is 0 Å². The van der Waals surface area contributed by atoms with E-state index in [0.29, 0.717) is 6.42 Å². The Hall–Kier alpha value is -2.62. The number of rotatable bonds is 6. The molecule has 0 spiro atoms. The molecule has 0 saturated carbocycles. The van der Waals surface area contributed by atoms with Crippen molar-refractivity contribution in [2.45, 2.75) is 51.4 Å². The molecule has 1 N–H and O–H groups in total. The fraction of sp³-hybridized carbons (Fsp3) is 0.391. The highest BCUT2D eigenvalue weighted by Gasteiger charge is 2.24. The van der Waals surface area contributed by atoms with Gasteiger partial charge in [-0.15, -0.1) is 0 Å². The van der Waals surface area contributed by atoms with Crippen molar-refractivity contribution in [3.8, 4) is 0 Å². The molecule has 0 unspecified atom stereocenters. The first-order chi connectivity index (χ1) is 12.6. The predicted molar refractivity (Wildman–Crippen MR) is 108 cm³/mol. The van der Waals surface area contributed by atoms with Crippen LogP contribution in [0.4, 0.5) is 0 Å². The second-order valence-corrected chi connectivity index (χ2v) is 7.82. The lowest BCUT2D eigenvalue weighted by Crippen LogP contribution is -2.22. The summed E-state index contributed by atoms with van der Waals surface area (Å²) in [6, 6.07) is 19.7. The Kier molecular flexibility index (Phi) is 8.23. The summed E-state index contributed by atoms with van der Waals surface area (Å²) in [4.78, 5) is 21.8. The lowest BCUT2D eigenvalue weighted by molar-refractivity contribution is -0.142. The van der Waals surface area contributed by atoms with Crippen molar-refractivity contribution < 1.29 is 19.4 Å². The molecule has 2 aromatic rings. The molecule has 4 heteroatoms. The number of aliphatic carboxylic acids is 1. The van der Waals surface area contributed by atoms with Gasteiger partial charge in [0.1, 0.15) is 0 Å². The number of hydrogen-bond acceptors (Lipinski definition) is 3. The van der Waals surface area contributed by atoms with E-state index in [-0.39, 0.29) is 23.2 Å². The Morgan fingerprint density at radius 1 is 0.778 bits per heavy atom. The van der Waals surface area contributed by atoms with E-state index in [2.05, 4.69) is 4.74 Å². The van der Waals surface area contributed by atoms with Crippen LogP contribution in [0.3, 0.4) is 0 Å². The molecule has 0 aliphatic rings. The smallest absolute Gasteiger partial charge is 0.306 e. The summed E-state index contributed by atoms with van der Waals surface area (Å²) in [7, 11) is 1.42. The van der Waals surface area contributed by atoms with Gasteiger partial charge >= 0.3 is 11.9 Å². The van der Waals surface area contributed by atoms with E-state index in [1.165, 1.54) is 7.11 Å². The standard InChI is InChI=1S/C12H16O2.C11H14O2/c1-12(2,9-11(13)14-3)10-7-5-4-6-8-10;1-11(2,8-10(12)13)9-6-4-3-5-7-9/h4-8H,9H2,1-3H3;3-7H,8H2,1-2H3,(H,12,13). The van der Waals surface area contributed by atoms with Crippen molar-refractivity contribution in [1.82, 2.24) is 0 Å². The largest absolute Gasteiger partial charge is 0.481 e. The Morgan fingerprint density at radius 2 is 1.15 bits per heavy atom. The second kappa shape index (κ2) is 9.91. The van der Waals surface area contributed by atoms with Crippen LogP contribution in [-0.2, 0) is 25.2 Å². The molecular weight excluding hydrogens is 340 g/mol. The number of carboxylic acid groups (broad SMARTS) is 1. The summed E-state index contributed by atoms with van der Waals surface area (Å²) in [5.41, 5.74) is 1.78. The monoisotopic (exact) mass is 370 g/mol. The van der Waals surface area contributed by atoms with E-state index in [0.717, 1.165) is 11.1 Å². The van der Waals surface area contributed by atoms with E-state index in [1.54, 1.807) is 0 Å². The molecular formula is C23H30O4. The molecule has 0 amide bonds. The molecule has 0 saturated heterocycles. The van der Waals surface area contributed by atoms with Gasteiger partial charge in [0, 0.05) is 10.8 Å². The zero-order valence-electron chi connectivity index (χ0n) is 16.9. The van der Waals surface area contributed by atoms with Crippen LogP contribution in [0.5, 0.6) is 0 Å². The van der Waals surface area contributed by atoms with Crippen molar-refractivity contribution in [3.05, 3.63) is 71.8 Å². The Morgan fingerprint density at radius 3 is 1.48 bits per heavy atom. The second-order valence-electron chi connectivity index (χ2n) is 7.82. The van der Waals surface area contributed by atoms with Gasteiger partial charge in [-0.05, 0) is 11.1 Å². The average molecular weight is 370 g/mol. The van der Waals surface area contributed by atoms with Crippen molar-refractivity contribution in [3.63, 3.8) is 0 Å². The Balaban J connectivity index is 0.000000271. The third-order valence-corrected chi connectivity index (χ3v) is 4.52. The maximum Gasteiger partial charge on any atom is 0.306 e. The first kappa shape index (κ1) is 22.4. The summed E-state index contributed by atoms with van der Waals surface area (Å²) in [6.45, 7) is 7.96. The molecule has 0 atom stereocenters. The summed E-state index contributed by atoms with van der Waals surface area (Å²) in [5.74, 6) is -0.923. The molecule has 4 nitrogen and oxygen atoms in total. The Labute approximate surface area is 162 Å². The predicted octanol–water partition coefficient (Wildman–Crippen LogP) is 4.97. The van der Waals surface area contributed by atoms with Crippen LogP contribution >= 0.6 is 0 Å². The molecule has 27 heavy (non-hydrogen) atoms. The normalized spacial score (nSPS) is 11.1. The van der Waals surface area contributed by atoms with Crippen LogP contribution in [0.1, 0.15) is 51.7 Å². The summed E-state index contributed by atoms with van der Waals surface area (Å²) < 4.78 is 4.67. The zero-order chi connectivity index (χ0) is 20.5. The van der Waals surface area contributed by atoms with Gasteiger partial charge in [-0.25, -0.2) is 0 Å². The molecule has 0 aromatic heterocycles. The highest BCUT2D eigenvalue weighted by molar-refractivity contribution is 5.71. The first-order valence-corrected chi connectivity index (χ1v) is 8.98. The van der Waals surface area contributed by atoms with Gasteiger partial charge in [-0.2, -0.15) is 0 Å². The van der Waals surface area contributed by atoms with Crippen LogP contribution in [-0.4, -0.2) is 24.2 Å². The highest BCUT2D eigenvalue weighted by atomic mass is 16.5. The highest BCUT2D eigenvalue weighted by Crippen LogP contribution is 2.27. The minimum Gasteiger partial charge on any atom is -0.481 e. The molecule has 0 radical (unpaired) electrons. The minimum atomic E-state index is -0.756. The van der Waals surface area contributed by atoms with Gasteiger partial charge in [0.15, 0.2) is 0 Å². The number of ether oxygens (including phenoxy) is 1. The first-order valence-electron chi connectivity index (χ1n) is 8.98. The Bertz CT molecular complexity index is 719. The zero-order valence-corrected chi connectivity index (χ0v) is 16.9. The molecule has 0 heterocycles. The molecule has 0 aliphatic heterocycles. The van der Waals surface area contributed by atoms with E-state index >= 15 is 0 Å². The number of esters is 1. The quantitative estimate of drug-likeness (QED) is 0.730. The number of hydrogen-bond donors (Lipinski definition) is 1. The van der Waals surface area contributed by atoms with Gasteiger partial charge < -0.3 is 9.84 Å². The van der Waals surface area contributed by atoms with Gasteiger partial charge in [-0.1, -0.05) is 88.4 Å². The number of carbonyl (C=O) groups is 2. The number of benzene rings is 2. The van der Waals surface area contributed by atoms with Crippen LogP contribution in [0.15, 0.2) is 60.7 Å². The van der Waals surface area contributed by atoms with Crippen molar-refractivity contribution >= 4 is 11.9 Å². The van der Waals surface area contributed by atoms with E-state index in [1.807, 2.05) is 88.4 Å². The van der Waals surface area contributed by atoms with E-state index < -0.39 is 5.97 Å². The molecule has 0 aliphatic carbocycles. The van der Waals surface area contributed by atoms with Gasteiger partial charge in [0.05, 0.1) is 20.0 Å². The van der Waals surface area contributed by atoms with Gasteiger partial charge in [0.25, 0.3) is 0 Å². The number of carboxylic acids is 1. The van der Waals surface area contributed by atoms with Crippen molar-refractivity contribution in [1.29, 1.82) is 0 Å². The summed E-state index contributed by atoms with van der Waals surface area (Å²) >= 11 is 0. The van der Waals surface area contributed by atoms with Crippen molar-refractivity contribution in [2.75, 3.05) is 7.11 Å². The lowest BCUT2D eigenvalue weighted by Gasteiger charge is -2.23. The molecule has 2 rings (SSSR count). The van der Waals surface area contributed by atoms with E-state index in [9.17, 15) is 9.59 Å². The summed E-state index contributed by atoms with van der Waals surface area (Å²) in [6.07, 6.45) is 0.574. The lowest BCUT2D eigenvalue weighted by atomic mass is 9.82. The van der Waals surface area contributed by atoms with Crippen molar-refractivity contribution in [2.24, 2.45) is 0 Å². The average Bonchev–Trinajstić information content (AvgIpc) is 2.62. The fourth-order valence-corrected chi connectivity index (χ4v) is 2.79. The van der Waals surface area contributed by atoms with Crippen LogP contribution < -0.4 is 0 Å². The SMILES string of the molecule is CC(C)(CC(=O)O)c1ccccc1.COC(=O)CC(C)(C)c1ccccc1. The van der Waals surface area contributed by atoms with E-state index in [4.69, 9.17) is 5.11 Å². The molecule has 0 bridgehead atoms. The summed E-state index contributed by atoms with van der Waals surface area (Å²) in [5, 5.41) is 8.71. The molecule has 146 valence electrons. The van der Waals surface area contributed by atoms with Gasteiger partial charge in [-0.3, -0.25) is 9.59 Å². The third-order valence-electron chi connectivity index (χ3n) is 4.52. The maximum absolute atomic E-state index is 11.2. The topological polar surface area (TPSA) is 63.6 Å². The fourth-order valence-electron chi connectivity index (χ4n) is 2.79. The van der Waals surface area contributed by atoms with Crippen LogP contribution in [0, 0.1) is 0 Å². The number of methoxy groups -OCH3 is 1. The molecule has 0 fully saturated rings. The molecule has 2 aromatic carbocycles. The minimum absolute atomic E-state index is 0.158. The third kappa shape index (κ3) is 7.65. The van der Waals surface area contributed by atoms with Crippen LogP contribution in [0.25, 0.3) is 0 Å².